The highest BCUT2D eigenvalue weighted by atomic mass is 32.1. The molecule has 0 spiro atoms. The van der Waals surface area contributed by atoms with Crippen LogP contribution in [-0.4, -0.2) is 28.1 Å². The second kappa shape index (κ2) is 6.13. The molecular weight excluding hydrogens is 326 g/mol. The maximum Gasteiger partial charge on any atom is 0.525 e. The molecule has 0 amide bonds. The molecule has 1 aliphatic heterocycles. The predicted octanol–water partition coefficient (Wildman–Crippen LogP) is 4.57. The molecule has 0 unspecified atom stereocenters. The van der Waals surface area contributed by atoms with Crippen LogP contribution in [0.5, 0.6) is 0 Å². The van der Waals surface area contributed by atoms with E-state index in [9.17, 15) is 4.39 Å². The lowest BCUT2D eigenvalue weighted by Crippen LogP contribution is -2.41. The number of hydrogen-bond donors (Lipinski definition) is 0. The third kappa shape index (κ3) is 3.08. The smallest absolute Gasteiger partial charge is 0.398 e. The van der Waals surface area contributed by atoms with E-state index in [1.54, 1.807) is 16.0 Å². The maximum atomic E-state index is 14.8. The average molecular weight is 348 g/mol. The molecule has 0 radical (unpaired) electrons. The normalized spacial score (nSPS) is 19.9. The van der Waals surface area contributed by atoms with Crippen LogP contribution in [0.25, 0.3) is 17.3 Å². The van der Waals surface area contributed by atoms with Crippen molar-refractivity contribution in [3.05, 3.63) is 34.3 Å². The highest BCUT2D eigenvalue weighted by Gasteiger charge is 2.53. The van der Waals surface area contributed by atoms with Gasteiger partial charge in [-0.2, -0.15) is 16.4 Å². The third-order valence-electron chi connectivity index (χ3n) is 4.68. The first-order chi connectivity index (χ1) is 11.2. The molecule has 0 bridgehead atoms. The summed E-state index contributed by atoms with van der Waals surface area (Å²) in [7, 11) is -0.990. The van der Waals surface area contributed by atoms with Crippen LogP contribution in [0.1, 0.15) is 40.2 Å². The summed E-state index contributed by atoms with van der Waals surface area (Å²) in [5, 5.41) is 8.53. The predicted molar refractivity (Wildman–Crippen MR) is 96.4 cm³/mol. The van der Waals surface area contributed by atoms with Gasteiger partial charge in [0.15, 0.2) is 0 Å². The molecule has 7 heteroatoms. The molecule has 1 saturated heterocycles. The fourth-order valence-corrected chi connectivity index (χ4v) is 3.14. The molecule has 1 aliphatic rings. The first-order valence-electron chi connectivity index (χ1n) is 8.06. The maximum absolute atomic E-state index is 14.8. The number of aryl methyl sites for hydroxylation is 1. The molecule has 0 saturated carbocycles. The van der Waals surface area contributed by atoms with Gasteiger partial charge in [-0.3, -0.25) is 4.68 Å². The quantitative estimate of drug-likeness (QED) is 0.759. The van der Waals surface area contributed by atoms with E-state index in [4.69, 9.17) is 9.31 Å². The third-order valence-corrected chi connectivity index (χ3v) is 5.36. The van der Waals surface area contributed by atoms with Gasteiger partial charge in [0.1, 0.15) is 11.4 Å². The molecule has 3 rings (SSSR count). The van der Waals surface area contributed by atoms with Crippen LogP contribution in [0.4, 0.5) is 4.39 Å². The van der Waals surface area contributed by atoms with Gasteiger partial charge in [-0.1, -0.05) is 0 Å². The van der Waals surface area contributed by atoms with Gasteiger partial charge in [-0.15, -0.1) is 0 Å². The van der Waals surface area contributed by atoms with Gasteiger partial charge in [-0.25, -0.2) is 4.39 Å². The Bertz CT molecular complexity index is 737. The number of nitrogens with zero attached hydrogens (tertiary/aromatic N) is 2. The molecule has 1 fully saturated rings. The van der Waals surface area contributed by atoms with Crippen LogP contribution in [0.15, 0.2) is 28.7 Å². The lowest BCUT2D eigenvalue weighted by Gasteiger charge is -2.32. The van der Waals surface area contributed by atoms with Crippen molar-refractivity contribution in [2.24, 2.45) is 0 Å². The van der Waals surface area contributed by atoms with Gasteiger partial charge in [0.05, 0.1) is 11.2 Å². The minimum atomic E-state index is -0.990. The summed E-state index contributed by atoms with van der Waals surface area (Å²) in [5.74, 6) is 0. The molecule has 4 nitrogen and oxygen atoms in total. The van der Waals surface area contributed by atoms with E-state index >= 15 is 0 Å². The zero-order valence-corrected chi connectivity index (χ0v) is 15.5. The number of thiophene rings is 1. The Kier molecular flexibility index (Phi) is 4.44. The Morgan fingerprint density at radius 1 is 1.33 bits per heavy atom. The Morgan fingerprint density at radius 2 is 2.00 bits per heavy atom. The van der Waals surface area contributed by atoms with Crippen molar-refractivity contribution in [2.45, 2.75) is 52.4 Å². The molecule has 24 heavy (non-hydrogen) atoms. The summed E-state index contributed by atoms with van der Waals surface area (Å²) in [4.78, 5) is 0. The molecule has 2 aromatic rings. The standard InChI is InChI=1S/C17H22BFN2O2S/c1-6-21-10-13(15(20-21)12-7-8-24-11-12)9-14(19)18-22-16(2,3)17(4,5)23-18/h7-11H,6H2,1-5H3. The van der Waals surface area contributed by atoms with Gasteiger partial charge in [-0.05, 0) is 52.1 Å². The first-order valence-corrected chi connectivity index (χ1v) is 9.00. The average Bonchev–Trinajstić information content (AvgIpc) is 3.17. The summed E-state index contributed by atoms with van der Waals surface area (Å²) >= 11 is 1.59. The lowest BCUT2D eigenvalue weighted by molar-refractivity contribution is 0.00578. The summed E-state index contributed by atoms with van der Waals surface area (Å²) in [6.07, 6.45) is 3.31. The minimum absolute atomic E-state index is 0.444. The van der Waals surface area contributed by atoms with E-state index in [2.05, 4.69) is 5.10 Å². The summed E-state index contributed by atoms with van der Waals surface area (Å²) in [6, 6.07) is 1.98. The fourth-order valence-electron chi connectivity index (χ4n) is 2.50. The van der Waals surface area contributed by atoms with Gasteiger partial charge in [0.25, 0.3) is 0 Å². The fraction of sp³-hybridized carbons (Fsp3) is 0.471. The van der Waals surface area contributed by atoms with Gasteiger partial charge in [0.2, 0.25) is 0 Å². The highest BCUT2D eigenvalue weighted by molar-refractivity contribution is 7.08. The molecule has 2 aromatic heterocycles. The van der Waals surface area contributed by atoms with Gasteiger partial charge < -0.3 is 9.31 Å². The Labute approximate surface area is 146 Å². The van der Waals surface area contributed by atoms with Crippen LogP contribution in [0.2, 0.25) is 0 Å². The van der Waals surface area contributed by atoms with Crippen molar-refractivity contribution >= 4 is 24.5 Å². The van der Waals surface area contributed by atoms with E-state index in [-0.39, 0.29) is 0 Å². The topological polar surface area (TPSA) is 36.3 Å². The van der Waals surface area contributed by atoms with E-state index in [1.165, 1.54) is 6.08 Å². The zero-order chi connectivity index (χ0) is 17.5. The summed E-state index contributed by atoms with van der Waals surface area (Å²) in [5.41, 5.74) is 0.910. The molecule has 128 valence electrons. The monoisotopic (exact) mass is 348 g/mol. The molecule has 0 N–H and O–H groups in total. The van der Waals surface area contributed by atoms with Crippen molar-refractivity contribution in [1.29, 1.82) is 0 Å². The van der Waals surface area contributed by atoms with E-state index < -0.39 is 24.0 Å². The molecule has 0 aliphatic carbocycles. The number of aromatic nitrogens is 2. The van der Waals surface area contributed by atoms with Crippen LogP contribution in [-0.2, 0) is 15.9 Å². The molecule has 0 atom stereocenters. The number of halogens is 1. The number of rotatable bonds is 4. The van der Waals surface area contributed by atoms with Crippen molar-refractivity contribution in [1.82, 2.24) is 9.78 Å². The van der Waals surface area contributed by atoms with Crippen LogP contribution in [0, 0.1) is 0 Å². The number of hydrogen-bond acceptors (Lipinski definition) is 4. The van der Waals surface area contributed by atoms with Crippen molar-refractivity contribution < 1.29 is 13.7 Å². The van der Waals surface area contributed by atoms with Gasteiger partial charge in [0, 0.05) is 29.2 Å². The lowest BCUT2D eigenvalue weighted by atomic mass is 9.86. The summed E-state index contributed by atoms with van der Waals surface area (Å²) in [6.45, 7) is 10.4. The Morgan fingerprint density at radius 3 is 2.54 bits per heavy atom. The summed E-state index contributed by atoms with van der Waals surface area (Å²) < 4.78 is 28.1. The second-order valence-corrected chi connectivity index (χ2v) is 7.70. The highest BCUT2D eigenvalue weighted by Crippen LogP contribution is 2.39. The van der Waals surface area contributed by atoms with E-state index in [1.807, 2.05) is 57.6 Å². The van der Waals surface area contributed by atoms with Crippen molar-refractivity contribution in [3.8, 4) is 11.3 Å². The zero-order valence-electron chi connectivity index (χ0n) is 14.7. The molecule has 3 heterocycles. The van der Waals surface area contributed by atoms with Crippen LogP contribution in [0.3, 0.4) is 0 Å². The largest absolute Gasteiger partial charge is 0.525 e. The Balaban J connectivity index is 1.93. The van der Waals surface area contributed by atoms with Crippen LogP contribution >= 0.6 is 11.3 Å². The van der Waals surface area contributed by atoms with Gasteiger partial charge >= 0.3 is 7.12 Å². The van der Waals surface area contributed by atoms with E-state index in [0.29, 0.717) is 0 Å². The van der Waals surface area contributed by atoms with E-state index in [0.717, 1.165) is 23.4 Å². The van der Waals surface area contributed by atoms with Crippen molar-refractivity contribution in [2.75, 3.05) is 0 Å². The molecular formula is C17H22BFN2O2S. The van der Waals surface area contributed by atoms with Crippen LogP contribution < -0.4 is 0 Å². The molecule has 0 aromatic carbocycles. The SMILES string of the molecule is CCn1cc(C=C(F)B2OC(C)(C)C(C)(C)O2)c(-c2ccsc2)n1. The second-order valence-electron chi connectivity index (χ2n) is 6.92. The minimum Gasteiger partial charge on any atom is -0.398 e. The van der Waals surface area contributed by atoms with Crippen molar-refractivity contribution in [3.63, 3.8) is 0 Å². The first kappa shape index (κ1) is 17.4. The Hall–Kier alpha value is -1.44.